The minimum atomic E-state index is -0.573. The average Bonchev–Trinajstić information content (AvgIpc) is 3.05. The predicted octanol–water partition coefficient (Wildman–Crippen LogP) is 5.20. The van der Waals surface area contributed by atoms with Gasteiger partial charge in [0.2, 0.25) is 5.91 Å². The van der Waals surface area contributed by atoms with E-state index in [0.717, 1.165) is 0 Å². The highest BCUT2D eigenvalue weighted by atomic mass is 35.5. The number of carbonyl (C=O) groups is 2. The van der Waals surface area contributed by atoms with E-state index in [0.29, 0.717) is 10.6 Å². The van der Waals surface area contributed by atoms with Gasteiger partial charge in [-0.3, -0.25) is 9.59 Å². The Kier molecular flexibility index (Phi) is 7.43. The van der Waals surface area contributed by atoms with Gasteiger partial charge in [0, 0.05) is 23.3 Å². The van der Waals surface area contributed by atoms with Crippen molar-refractivity contribution in [3.05, 3.63) is 68.0 Å². The molecule has 2 aromatic heterocycles. The number of aromatic nitrogens is 3. The van der Waals surface area contributed by atoms with Gasteiger partial charge < -0.3 is 10.6 Å². The van der Waals surface area contributed by atoms with Gasteiger partial charge in [0.15, 0.2) is 11.0 Å². The molecule has 162 valence electrons. The molecule has 3 rings (SSSR count). The van der Waals surface area contributed by atoms with Gasteiger partial charge in [-0.25, -0.2) is 9.67 Å². The molecule has 2 heterocycles. The molecule has 11 heteroatoms. The average molecular weight is 501 g/mol. The number of halogens is 4. The molecule has 7 nitrogen and oxygen atoms in total. The van der Waals surface area contributed by atoms with Gasteiger partial charge in [0.25, 0.3) is 5.91 Å². The predicted molar refractivity (Wildman–Crippen MR) is 123 cm³/mol. The lowest BCUT2D eigenvalue weighted by atomic mass is 10.1. The SMILES string of the molecule is CC(C)NC(=O)Cc1cc(Cl)cc(Cl)c1NC(=O)c1cc(Cl)nn1-c1ncccc1Cl. The smallest absolute Gasteiger partial charge is 0.274 e. The van der Waals surface area contributed by atoms with E-state index in [-0.39, 0.29) is 50.8 Å². The van der Waals surface area contributed by atoms with Crippen LogP contribution in [0.2, 0.25) is 20.2 Å². The first-order chi connectivity index (χ1) is 14.7. The van der Waals surface area contributed by atoms with Crippen molar-refractivity contribution < 1.29 is 9.59 Å². The van der Waals surface area contributed by atoms with Crippen LogP contribution in [0, 0.1) is 0 Å². The van der Waals surface area contributed by atoms with E-state index in [4.69, 9.17) is 46.4 Å². The maximum Gasteiger partial charge on any atom is 0.274 e. The topological polar surface area (TPSA) is 88.9 Å². The fraction of sp³-hybridized carbons (Fsp3) is 0.200. The van der Waals surface area contributed by atoms with Crippen molar-refractivity contribution in [2.45, 2.75) is 26.3 Å². The molecular formula is C20H17Cl4N5O2. The molecule has 1 aromatic carbocycles. The number of anilines is 1. The van der Waals surface area contributed by atoms with Crippen LogP contribution >= 0.6 is 46.4 Å². The highest BCUT2D eigenvalue weighted by Crippen LogP contribution is 2.31. The van der Waals surface area contributed by atoms with E-state index < -0.39 is 5.91 Å². The van der Waals surface area contributed by atoms with Crippen LogP contribution in [-0.4, -0.2) is 32.6 Å². The second kappa shape index (κ2) is 9.87. The maximum absolute atomic E-state index is 13.1. The van der Waals surface area contributed by atoms with E-state index in [2.05, 4.69) is 20.7 Å². The zero-order valence-corrected chi connectivity index (χ0v) is 19.4. The Morgan fingerprint density at radius 3 is 2.52 bits per heavy atom. The Bertz CT molecular complexity index is 1150. The van der Waals surface area contributed by atoms with Crippen molar-refractivity contribution in [1.29, 1.82) is 0 Å². The molecule has 3 aromatic rings. The van der Waals surface area contributed by atoms with Gasteiger partial charge in [-0.2, -0.15) is 5.10 Å². The zero-order chi connectivity index (χ0) is 22.7. The molecule has 0 aliphatic heterocycles. The summed E-state index contributed by atoms with van der Waals surface area (Å²) >= 11 is 24.7. The standard InChI is InChI=1S/C20H17Cl4N5O2/c1-10(2)26-17(30)7-11-6-12(21)8-14(23)18(11)27-20(31)15-9-16(24)28-29(15)19-13(22)4-3-5-25-19/h3-6,8-10H,7H2,1-2H3,(H,26,30)(H,27,31). The fourth-order valence-corrected chi connectivity index (χ4v) is 3.80. The summed E-state index contributed by atoms with van der Waals surface area (Å²) < 4.78 is 1.23. The van der Waals surface area contributed by atoms with E-state index in [1.165, 1.54) is 23.0 Å². The summed E-state index contributed by atoms with van der Waals surface area (Å²) in [6, 6.07) is 7.64. The Morgan fingerprint density at radius 2 is 1.84 bits per heavy atom. The Morgan fingerprint density at radius 1 is 1.10 bits per heavy atom. The van der Waals surface area contributed by atoms with E-state index in [1.807, 2.05) is 13.8 Å². The van der Waals surface area contributed by atoms with Gasteiger partial charge >= 0.3 is 0 Å². The second-order valence-electron chi connectivity index (χ2n) is 6.85. The van der Waals surface area contributed by atoms with Crippen molar-refractivity contribution in [3.63, 3.8) is 0 Å². The van der Waals surface area contributed by atoms with Gasteiger partial charge in [0.1, 0.15) is 5.69 Å². The number of amides is 2. The number of rotatable bonds is 6. The molecule has 0 atom stereocenters. The van der Waals surface area contributed by atoms with Crippen LogP contribution < -0.4 is 10.6 Å². The molecule has 0 aliphatic carbocycles. The van der Waals surface area contributed by atoms with Crippen molar-refractivity contribution in [3.8, 4) is 5.82 Å². The highest BCUT2D eigenvalue weighted by Gasteiger charge is 2.22. The summed E-state index contributed by atoms with van der Waals surface area (Å²) in [5.41, 5.74) is 0.789. The van der Waals surface area contributed by atoms with Crippen LogP contribution in [0.25, 0.3) is 5.82 Å². The molecule has 0 fully saturated rings. The third-order valence-corrected chi connectivity index (χ3v) is 5.02. The minimum absolute atomic E-state index is 0.0276. The summed E-state index contributed by atoms with van der Waals surface area (Å²) in [6.45, 7) is 3.69. The monoisotopic (exact) mass is 499 g/mol. The number of carbonyl (C=O) groups excluding carboxylic acids is 2. The lowest BCUT2D eigenvalue weighted by molar-refractivity contribution is -0.120. The quantitative estimate of drug-likeness (QED) is 0.486. The molecule has 31 heavy (non-hydrogen) atoms. The zero-order valence-electron chi connectivity index (χ0n) is 16.4. The normalized spacial score (nSPS) is 10.9. The number of pyridine rings is 1. The van der Waals surface area contributed by atoms with Crippen molar-refractivity contribution in [1.82, 2.24) is 20.1 Å². The van der Waals surface area contributed by atoms with Crippen LogP contribution in [-0.2, 0) is 11.2 Å². The summed E-state index contributed by atoms with van der Waals surface area (Å²) in [5, 5.41) is 10.5. The summed E-state index contributed by atoms with van der Waals surface area (Å²) in [6.07, 6.45) is 1.49. The van der Waals surface area contributed by atoms with E-state index >= 15 is 0 Å². The third-order valence-electron chi connectivity index (χ3n) is 4.03. The second-order valence-corrected chi connectivity index (χ2v) is 8.49. The number of benzene rings is 1. The summed E-state index contributed by atoms with van der Waals surface area (Å²) in [5.74, 6) is -0.576. The maximum atomic E-state index is 13.1. The largest absolute Gasteiger partial charge is 0.354 e. The molecule has 0 saturated carbocycles. The van der Waals surface area contributed by atoms with E-state index in [1.54, 1.807) is 18.2 Å². The van der Waals surface area contributed by atoms with Crippen molar-refractivity contribution in [2.24, 2.45) is 0 Å². The molecule has 0 saturated heterocycles. The lowest BCUT2D eigenvalue weighted by Gasteiger charge is -2.15. The first-order valence-electron chi connectivity index (χ1n) is 9.10. The number of nitrogens with one attached hydrogen (secondary N) is 2. The number of hydrogen-bond donors (Lipinski definition) is 2. The lowest BCUT2D eigenvalue weighted by Crippen LogP contribution is -2.31. The summed E-state index contributed by atoms with van der Waals surface area (Å²) in [4.78, 5) is 29.5. The highest BCUT2D eigenvalue weighted by molar-refractivity contribution is 6.37. The van der Waals surface area contributed by atoms with Gasteiger partial charge in [-0.1, -0.05) is 46.4 Å². The fourth-order valence-electron chi connectivity index (χ4n) is 2.84. The van der Waals surface area contributed by atoms with Crippen LogP contribution in [0.3, 0.4) is 0 Å². The summed E-state index contributed by atoms with van der Waals surface area (Å²) in [7, 11) is 0. The Balaban J connectivity index is 1.96. The Hall–Kier alpha value is -2.32. The van der Waals surface area contributed by atoms with Gasteiger partial charge in [0.05, 0.1) is 22.2 Å². The van der Waals surface area contributed by atoms with Crippen LogP contribution in [0.5, 0.6) is 0 Å². The molecule has 2 amide bonds. The van der Waals surface area contributed by atoms with Crippen molar-refractivity contribution in [2.75, 3.05) is 5.32 Å². The Labute approximate surface area is 198 Å². The van der Waals surface area contributed by atoms with Crippen LogP contribution in [0.1, 0.15) is 29.9 Å². The molecular weight excluding hydrogens is 484 g/mol. The first kappa shape index (κ1) is 23.3. The van der Waals surface area contributed by atoms with Crippen LogP contribution in [0.15, 0.2) is 36.5 Å². The molecule has 0 radical (unpaired) electrons. The molecule has 0 bridgehead atoms. The number of nitrogens with zero attached hydrogens (tertiary/aromatic N) is 3. The minimum Gasteiger partial charge on any atom is -0.354 e. The van der Waals surface area contributed by atoms with Crippen LogP contribution in [0.4, 0.5) is 5.69 Å². The molecule has 0 aliphatic rings. The molecule has 0 spiro atoms. The molecule has 2 N–H and O–H groups in total. The number of hydrogen-bond acceptors (Lipinski definition) is 4. The van der Waals surface area contributed by atoms with Gasteiger partial charge in [-0.05, 0) is 43.7 Å². The van der Waals surface area contributed by atoms with Crippen molar-refractivity contribution >= 4 is 63.9 Å². The van der Waals surface area contributed by atoms with E-state index in [9.17, 15) is 9.59 Å². The van der Waals surface area contributed by atoms with Gasteiger partial charge in [-0.15, -0.1) is 0 Å². The molecule has 0 unspecified atom stereocenters. The third kappa shape index (κ3) is 5.68. The first-order valence-corrected chi connectivity index (χ1v) is 10.6.